The van der Waals surface area contributed by atoms with Crippen LogP contribution >= 0.6 is 0 Å². The molecule has 300 valence electrons. The molecule has 0 N–H and O–H groups in total. The first-order valence-corrected chi connectivity index (χ1v) is 22.4. The molecule has 1 unspecified atom stereocenters. The third-order valence-corrected chi connectivity index (χ3v) is 14.7. The van der Waals surface area contributed by atoms with E-state index >= 15 is 0 Å². The maximum Gasteiger partial charge on any atom is -1.00 e. The first kappa shape index (κ1) is 45.8. The summed E-state index contributed by atoms with van der Waals surface area (Å²) in [4.78, 5) is 0. The van der Waals surface area contributed by atoms with Gasteiger partial charge in [-0.25, -0.2) is 5.57 Å². The molecule has 0 nitrogen and oxygen atoms in total. The zero-order chi connectivity index (χ0) is 39.3. The summed E-state index contributed by atoms with van der Waals surface area (Å²) in [6.45, 7) is 22.4. The Morgan fingerprint density at radius 2 is 1.18 bits per heavy atom. The summed E-state index contributed by atoms with van der Waals surface area (Å²) in [5.74, 6) is 3.82. The second-order valence-corrected chi connectivity index (χ2v) is 21.5. The number of benzene rings is 4. The predicted octanol–water partition coefficient (Wildman–Crippen LogP) is 8.00. The topological polar surface area (TPSA) is 0 Å². The van der Waals surface area contributed by atoms with Gasteiger partial charge in [-0.3, -0.25) is 6.08 Å². The Labute approximate surface area is 374 Å². The molecule has 0 aliphatic heterocycles. The van der Waals surface area contributed by atoms with E-state index in [9.17, 15) is 0 Å². The van der Waals surface area contributed by atoms with E-state index in [2.05, 4.69) is 166 Å². The maximum absolute atomic E-state index is 3.57. The van der Waals surface area contributed by atoms with E-state index in [-0.39, 0.29) is 35.6 Å². The number of hydrogen-bond donors (Lipinski definition) is 0. The van der Waals surface area contributed by atoms with Crippen molar-refractivity contribution in [2.45, 2.75) is 131 Å². The first-order valence-electron chi connectivity index (χ1n) is 21.2. The third kappa shape index (κ3) is 10.7. The van der Waals surface area contributed by atoms with Crippen molar-refractivity contribution in [3.05, 3.63) is 153 Å². The molecule has 6 aliphatic carbocycles. The van der Waals surface area contributed by atoms with Crippen LogP contribution in [0.5, 0.6) is 0 Å². The van der Waals surface area contributed by atoms with Crippen LogP contribution in [0.25, 0.3) is 11.1 Å². The number of halogens is 2. The average Bonchev–Trinajstić information content (AvgIpc) is 3.64. The molecule has 4 saturated carbocycles. The van der Waals surface area contributed by atoms with Gasteiger partial charge < -0.3 is 24.8 Å². The Balaban J connectivity index is 0.000000162. The van der Waals surface area contributed by atoms with Crippen LogP contribution in [0.15, 0.2) is 96.1 Å². The second-order valence-electron chi connectivity index (χ2n) is 20.3. The summed E-state index contributed by atoms with van der Waals surface area (Å²) in [5.41, 5.74) is 17.9. The fourth-order valence-corrected chi connectivity index (χ4v) is 11.4. The Morgan fingerprint density at radius 1 is 0.684 bits per heavy atom. The number of hydrogen-bond acceptors (Lipinski definition) is 0. The van der Waals surface area contributed by atoms with Gasteiger partial charge in [-0.05, 0) is 79.1 Å². The molecule has 0 saturated heterocycles. The molecule has 0 amide bonds. The van der Waals surface area contributed by atoms with E-state index in [4.69, 9.17) is 0 Å². The minimum atomic E-state index is 0. The summed E-state index contributed by atoms with van der Waals surface area (Å²) in [7, 11) is 0. The number of allylic oxidation sites excluding steroid dienone is 4. The van der Waals surface area contributed by atoms with Gasteiger partial charge in [-0.15, -0.1) is 5.56 Å². The van der Waals surface area contributed by atoms with Crippen LogP contribution in [0.4, 0.5) is 0 Å². The van der Waals surface area contributed by atoms with Crippen LogP contribution in [0, 0.1) is 55.1 Å². The average molecular weight is 875 g/mol. The van der Waals surface area contributed by atoms with Crippen LogP contribution in [-0.2, 0) is 41.5 Å². The van der Waals surface area contributed by atoms with Gasteiger partial charge in [0, 0.05) is 0 Å². The summed E-state index contributed by atoms with van der Waals surface area (Å²) >= 11 is 1.46. The minimum absolute atomic E-state index is 0. The maximum atomic E-state index is 3.57. The van der Waals surface area contributed by atoms with E-state index in [0.29, 0.717) is 11.3 Å². The molecule has 1 atom stereocenters. The minimum Gasteiger partial charge on any atom is -1.00 e. The Hall–Kier alpha value is -2.31. The van der Waals surface area contributed by atoms with Gasteiger partial charge in [-0.1, -0.05) is 102 Å². The fourth-order valence-electron chi connectivity index (χ4n) is 10.6. The van der Waals surface area contributed by atoms with Gasteiger partial charge >= 0.3 is 112 Å². The van der Waals surface area contributed by atoms with Gasteiger partial charge in [0.15, 0.2) is 0 Å². The van der Waals surface area contributed by atoms with Gasteiger partial charge in [0.05, 0.1) is 0 Å². The van der Waals surface area contributed by atoms with Gasteiger partial charge in [0.2, 0.25) is 0 Å². The van der Waals surface area contributed by atoms with Crippen LogP contribution < -0.4 is 24.8 Å². The van der Waals surface area contributed by atoms with E-state index in [0.717, 1.165) is 24.2 Å². The molecule has 0 spiro atoms. The number of rotatable bonds is 4. The van der Waals surface area contributed by atoms with Crippen molar-refractivity contribution in [3.8, 4) is 11.1 Å². The van der Waals surface area contributed by atoms with Gasteiger partial charge in [0.25, 0.3) is 0 Å². The predicted molar refractivity (Wildman–Crippen MR) is 231 cm³/mol. The molecule has 4 aromatic rings. The molecule has 0 heterocycles. The Kier molecular flexibility index (Phi) is 14.6. The third-order valence-electron chi connectivity index (χ3n) is 13.3. The Bertz CT molecular complexity index is 1950. The molecule has 4 bridgehead atoms. The van der Waals surface area contributed by atoms with Gasteiger partial charge in [0.1, 0.15) is 0 Å². The zero-order valence-electron chi connectivity index (χ0n) is 36.3. The SMILES string of the molecule is CC(C)(C)c1c[c-]c2c(c1)-c1cc(C(C)(C)C)ccc1C2.CC1=[C-]C(C)C=C1CC12CC3CC(CC(C3)C1)C2.Cc1ccc([C](=[Zr+2])c2ccc(C)cc2)cc1.[Cl-].[Cl-]. The first-order chi connectivity index (χ1) is 25.9. The fraction of sp³-hybridized carbons (Fsp3) is 0.463. The van der Waals surface area contributed by atoms with E-state index in [1.165, 1.54) is 95.1 Å². The largest absolute Gasteiger partial charge is 1.00 e. The standard InChI is InChI=1S/C21H25.C18H25.C15H14.2ClH.Zr/c1-20(2,3)16-9-7-14-11-15-8-10-17(21(4,5)6)13-19(15)18(14)12-16;1-12-3-13(2)17(4-12)11-18-8-14-5-15(9-18)7-16(6-14)10-18;1-12-3-7-14(8-4-12)11-15-9-5-13(2)6-10-15;;;/h7,9-10,12-13H,11H2,1-6H3;4,12,14-16H,5-11H2,1-2H3;3-10H,1-2H3;2*1H;/q2*-1;;;;+2/p-2. The number of aryl methyl sites for hydroxylation is 2. The molecule has 57 heavy (non-hydrogen) atoms. The molecule has 0 radical (unpaired) electrons. The molecule has 0 aromatic heterocycles. The van der Waals surface area contributed by atoms with Crippen molar-refractivity contribution in [2.24, 2.45) is 29.1 Å². The molecule has 4 aromatic carbocycles. The quantitative estimate of drug-likeness (QED) is 0.161. The monoisotopic (exact) mass is 872 g/mol. The second kappa shape index (κ2) is 18.1. The molecular formula is C54H64Cl2Zr-2. The molecule has 10 rings (SSSR count). The van der Waals surface area contributed by atoms with Crippen LogP contribution in [0.3, 0.4) is 0 Å². The Morgan fingerprint density at radius 3 is 1.63 bits per heavy atom. The van der Waals surface area contributed by atoms with Crippen molar-refractivity contribution >= 4 is 3.21 Å². The molecule has 3 heteroatoms. The molecular weight excluding hydrogens is 811 g/mol. The van der Waals surface area contributed by atoms with Crippen molar-refractivity contribution in [3.63, 3.8) is 0 Å². The summed E-state index contributed by atoms with van der Waals surface area (Å²) in [6, 6.07) is 32.6. The summed E-state index contributed by atoms with van der Waals surface area (Å²) in [6.07, 6.45) is 17.8. The van der Waals surface area contributed by atoms with Crippen molar-refractivity contribution in [1.29, 1.82) is 0 Å². The van der Waals surface area contributed by atoms with Crippen molar-refractivity contribution < 1.29 is 49.0 Å². The van der Waals surface area contributed by atoms with Crippen LogP contribution in [0.1, 0.15) is 145 Å². The van der Waals surface area contributed by atoms with E-state index in [1.807, 2.05) is 0 Å². The number of fused-ring (bicyclic) bond motifs is 3. The summed E-state index contributed by atoms with van der Waals surface area (Å²) < 4.78 is 1.42. The van der Waals surface area contributed by atoms with Crippen LogP contribution in [0.2, 0.25) is 0 Å². The van der Waals surface area contributed by atoms with Gasteiger partial charge in [-0.2, -0.15) is 41.0 Å². The summed E-state index contributed by atoms with van der Waals surface area (Å²) in [5, 5.41) is 0. The zero-order valence-corrected chi connectivity index (χ0v) is 40.3. The van der Waals surface area contributed by atoms with Crippen molar-refractivity contribution in [1.82, 2.24) is 0 Å². The molecule has 6 aliphatic rings. The molecule has 4 fully saturated rings. The smallest absolute Gasteiger partial charge is 1.00 e. The van der Waals surface area contributed by atoms with E-state index < -0.39 is 0 Å². The van der Waals surface area contributed by atoms with Crippen molar-refractivity contribution in [2.75, 3.05) is 0 Å². The van der Waals surface area contributed by atoms with Crippen LogP contribution in [-0.4, -0.2) is 3.21 Å². The normalized spacial score (nSPS) is 23.6. The van der Waals surface area contributed by atoms with E-state index in [1.54, 1.807) is 44.1 Å².